The standard InChI is InChI=1S/C21H13I2NO4/c22-15-9-14(10-16(23)19(15)27-12-13-5-2-1-3-6-13)11-17-21(25)28-20(24-17)18-7-4-8-26-18/h1-11H,12H2/b17-11-. The quantitative estimate of drug-likeness (QED) is 0.224. The van der Waals surface area contributed by atoms with Crippen molar-refractivity contribution in [1.29, 1.82) is 0 Å². The van der Waals surface area contributed by atoms with E-state index in [4.69, 9.17) is 13.9 Å². The zero-order chi connectivity index (χ0) is 19.5. The summed E-state index contributed by atoms with van der Waals surface area (Å²) in [6.07, 6.45) is 3.20. The molecule has 0 spiro atoms. The summed E-state index contributed by atoms with van der Waals surface area (Å²) in [6.45, 7) is 0.496. The van der Waals surface area contributed by atoms with Gasteiger partial charge >= 0.3 is 5.97 Å². The van der Waals surface area contributed by atoms with Gasteiger partial charge in [-0.1, -0.05) is 30.3 Å². The van der Waals surface area contributed by atoms with Crippen LogP contribution in [0.3, 0.4) is 0 Å². The van der Waals surface area contributed by atoms with Gasteiger partial charge in [0.05, 0.1) is 13.4 Å². The summed E-state index contributed by atoms with van der Waals surface area (Å²) in [5.74, 6) is 0.917. The fourth-order valence-electron chi connectivity index (χ4n) is 2.60. The minimum atomic E-state index is -0.499. The van der Waals surface area contributed by atoms with Gasteiger partial charge in [-0.05, 0) is 86.7 Å². The molecule has 0 atom stereocenters. The molecule has 0 saturated heterocycles. The van der Waals surface area contributed by atoms with Crippen LogP contribution in [0.1, 0.15) is 16.9 Å². The second-order valence-corrected chi connectivity index (χ2v) is 8.23. The van der Waals surface area contributed by atoms with Crippen LogP contribution in [0.5, 0.6) is 5.75 Å². The van der Waals surface area contributed by atoms with Crippen LogP contribution in [0.4, 0.5) is 0 Å². The Hall–Kier alpha value is -2.14. The van der Waals surface area contributed by atoms with E-state index in [-0.39, 0.29) is 11.6 Å². The second-order valence-electron chi connectivity index (χ2n) is 5.90. The molecular formula is C21H13I2NO4. The number of hydrogen-bond donors (Lipinski definition) is 0. The molecule has 0 radical (unpaired) electrons. The summed E-state index contributed by atoms with van der Waals surface area (Å²) < 4.78 is 18.3. The van der Waals surface area contributed by atoms with E-state index in [1.54, 1.807) is 18.2 Å². The lowest BCUT2D eigenvalue weighted by Gasteiger charge is -2.11. The highest BCUT2D eigenvalue weighted by Gasteiger charge is 2.26. The molecular weight excluding hydrogens is 584 g/mol. The molecule has 28 heavy (non-hydrogen) atoms. The molecule has 2 aromatic carbocycles. The first-order chi connectivity index (χ1) is 13.6. The van der Waals surface area contributed by atoms with Gasteiger partial charge < -0.3 is 13.9 Å². The van der Waals surface area contributed by atoms with Gasteiger partial charge in [0, 0.05) is 0 Å². The van der Waals surface area contributed by atoms with Gasteiger partial charge in [-0.15, -0.1) is 0 Å². The van der Waals surface area contributed by atoms with Gasteiger partial charge in [0.25, 0.3) is 5.90 Å². The first-order valence-electron chi connectivity index (χ1n) is 8.32. The highest BCUT2D eigenvalue weighted by molar-refractivity contribution is 14.1. The lowest BCUT2D eigenvalue weighted by molar-refractivity contribution is -0.130. The molecule has 140 valence electrons. The minimum Gasteiger partial charge on any atom is -0.487 e. The van der Waals surface area contributed by atoms with Gasteiger partial charge in [-0.2, -0.15) is 0 Å². The van der Waals surface area contributed by atoms with Crippen LogP contribution in [0, 0.1) is 7.14 Å². The number of hydrogen-bond acceptors (Lipinski definition) is 5. The van der Waals surface area contributed by atoms with Crippen molar-refractivity contribution in [3.05, 3.63) is 90.6 Å². The molecule has 5 nitrogen and oxygen atoms in total. The maximum absolute atomic E-state index is 12.1. The number of benzene rings is 2. The molecule has 4 rings (SSSR count). The average Bonchev–Trinajstić information content (AvgIpc) is 3.32. The van der Waals surface area contributed by atoms with Crippen molar-refractivity contribution in [1.82, 2.24) is 0 Å². The number of carbonyl (C=O) groups excluding carboxylic acids is 1. The van der Waals surface area contributed by atoms with Crippen molar-refractivity contribution in [3.8, 4) is 5.75 Å². The lowest BCUT2D eigenvalue weighted by atomic mass is 10.2. The highest BCUT2D eigenvalue weighted by Crippen LogP contribution is 2.31. The fourth-order valence-corrected chi connectivity index (χ4v) is 4.73. The topological polar surface area (TPSA) is 61.0 Å². The third kappa shape index (κ3) is 4.30. The van der Waals surface area contributed by atoms with Gasteiger partial charge in [-0.25, -0.2) is 9.79 Å². The van der Waals surface area contributed by atoms with E-state index in [0.29, 0.717) is 12.4 Å². The summed E-state index contributed by atoms with van der Waals surface area (Å²) in [5, 5.41) is 0. The number of esters is 1. The minimum absolute atomic E-state index is 0.174. The molecule has 0 bridgehead atoms. The molecule has 0 amide bonds. The molecule has 1 aliphatic heterocycles. The number of carbonyl (C=O) groups is 1. The van der Waals surface area contributed by atoms with E-state index in [2.05, 4.69) is 50.2 Å². The van der Waals surface area contributed by atoms with Crippen molar-refractivity contribution in [3.63, 3.8) is 0 Å². The Balaban J connectivity index is 1.56. The Bertz CT molecular complexity index is 1050. The zero-order valence-corrected chi connectivity index (χ0v) is 18.7. The van der Waals surface area contributed by atoms with E-state index >= 15 is 0 Å². The number of furan rings is 1. The van der Waals surface area contributed by atoms with Gasteiger partial charge in [-0.3, -0.25) is 0 Å². The molecule has 0 saturated carbocycles. The molecule has 1 aromatic heterocycles. The number of nitrogens with zero attached hydrogens (tertiary/aromatic N) is 1. The van der Waals surface area contributed by atoms with Crippen LogP contribution in [0.25, 0.3) is 6.08 Å². The fraction of sp³-hybridized carbons (Fsp3) is 0.0476. The number of ether oxygens (including phenoxy) is 2. The normalized spacial score (nSPS) is 14.9. The van der Waals surface area contributed by atoms with Gasteiger partial charge in [0.1, 0.15) is 12.4 Å². The van der Waals surface area contributed by atoms with E-state index in [0.717, 1.165) is 24.0 Å². The number of cyclic esters (lactones) is 1. The molecule has 1 aliphatic rings. The number of halogens is 2. The van der Waals surface area contributed by atoms with E-state index < -0.39 is 5.97 Å². The predicted molar refractivity (Wildman–Crippen MR) is 122 cm³/mol. The largest absolute Gasteiger partial charge is 0.487 e. The van der Waals surface area contributed by atoms with Crippen LogP contribution in [-0.2, 0) is 16.1 Å². The van der Waals surface area contributed by atoms with Crippen LogP contribution >= 0.6 is 45.2 Å². The third-order valence-electron chi connectivity index (χ3n) is 3.90. The lowest BCUT2D eigenvalue weighted by Crippen LogP contribution is -2.04. The molecule has 0 unspecified atom stereocenters. The maximum Gasteiger partial charge on any atom is 0.363 e. The van der Waals surface area contributed by atoms with E-state index in [9.17, 15) is 4.79 Å². The Labute approximate surface area is 188 Å². The summed E-state index contributed by atoms with van der Waals surface area (Å²) in [5.41, 5.74) is 2.18. The third-order valence-corrected chi connectivity index (χ3v) is 5.51. The molecule has 2 heterocycles. The van der Waals surface area contributed by atoms with Gasteiger partial charge in [0.15, 0.2) is 11.5 Å². The zero-order valence-electron chi connectivity index (χ0n) is 14.4. The second kappa shape index (κ2) is 8.48. The van der Waals surface area contributed by atoms with E-state index in [1.807, 2.05) is 42.5 Å². The Morgan fingerprint density at radius 1 is 1.04 bits per heavy atom. The summed E-state index contributed by atoms with van der Waals surface area (Å²) >= 11 is 4.47. The smallest absolute Gasteiger partial charge is 0.363 e. The van der Waals surface area contributed by atoms with Gasteiger partial charge in [0.2, 0.25) is 0 Å². The number of aliphatic imine (C=N–C) groups is 1. The molecule has 3 aromatic rings. The molecule has 7 heteroatoms. The predicted octanol–water partition coefficient (Wildman–Crippen LogP) is 5.41. The van der Waals surface area contributed by atoms with Crippen molar-refractivity contribution < 1.29 is 18.7 Å². The SMILES string of the molecule is O=C1OC(c2ccco2)=N/C1=C\c1cc(I)c(OCc2ccccc2)c(I)c1. The summed E-state index contributed by atoms with van der Waals surface area (Å²) in [7, 11) is 0. The summed E-state index contributed by atoms with van der Waals surface area (Å²) in [6, 6.07) is 17.3. The monoisotopic (exact) mass is 597 g/mol. The number of rotatable bonds is 5. The first-order valence-corrected chi connectivity index (χ1v) is 10.5. The van der Waals surface area contributed by atoms with Crippen molar-refractivity contribution in [2.45, 2.75) is 6.61 Å². The van der Waals surface area contributed by atoms with Crippen molar-refractivity contribution in [2.24, 2.45) is 4.99 Å². The van der Waals surface area contributed by atoms with Crippen LogP contribution in [-0.4, -0.2) is 11.9 Å². The molecule has 0 aliphatic carbocycles. The van der Waals surface area contributed by atoms with Crippen molar-refractivity contribution >= 4 is 63.1 Å². The van der Waals surface area contributed by atoms with E-state index in [1.165, 1.54) is 6.26 Å². The van der Waals surface area contributed by atoms with Crippen molar-refractivity contribution in [2.75, 3.05) is 0 Å². The Morgan fingerprint density at radius 3 is 2.46 bits per heavy atom. The molecule has 0 N–H and O–H groups in total. The highest BCUT2D eigenvalue weighted by atomic mass is 127. The summed E-state index contributed by atoms with van der Waals surface area (Å²) in [4.78, 5) is 16.3. The maximum atomic E-state index is 12.1. The van der Waals surface area contributed by atoms with Crippen LogP contribution in [0.2, 0.25) is 0 Å². The van der Waals surface area contributed by atoms with Crippen LogP contribution in [0.15, 0.2) is 76.0 Å². The van der Waals surface area contributed by atoms with Crippen LogP contribution < -0.4 is 4.74 Å². The molecule has 0 fully saturated rings. The Kier molecular flexibility index (Phi) is 5.81. The first kappa shape index (κ1) is 19.2. The average molecular weight is 597 g/mol. The Morgan fingerprint density at radius 2 is 1.79 bits per heavy atom.